The molecule has 16 heteroatoms. The number of carbonyl (C=O) groups excluding carboxylic acids is 3. The van der Waals surface area contributed by atoms with Crippen LogP contribution in [0.4, 0.5) is 0 Å². The topological polar surface area (TPSA) is 171 Å². The van der Waals surface area contributed by atoms with Crippen LogP contribution in [-0.2, 0) is 26.2 Å². The molecule has 4 heterocycles. The number of hydrogen-bond acceptors (Lipinski definition) is 11. The fourth-order valence-electron chi connectivity index (χ4n) is 8.55. The van der Waals surface area contributed by atoms with Crippen molar-refractivity contribution in [2.75, 3.05) is 45.9 Å². The van der Waals surface area contributed by atoms with Gasteiger partial charge in [0.1, 0.15) is 22.1 Å². The quantitative estimate of drug-likeness (QED) is 0.257. The third-order valence-corrected chi connectivity index (χ3v) is 14.2. The predicted molar refractivity (Wildman–Crippen MR) is 206 cm³/mol. The first-order valence-electron chi connectivity index (χ1n) is 18.0. The molecule has 0 saturated carbocycles. The van der Waals surface area contributed by atoms with Gasteiger partial charge in [-0.15, -0.1) is 11.8 Å². The van der Waals surface area contributed by atoms with E-state index in [1.165, 1.54) is 42.4 Å². The van der Waals surface area contributed by atoms with Crippen molar-refractivity contribution in [1.82, 2.24) is 14.2 Å². The Morgan fingerprint density at radius 1 is 1.09 bits per heavy atom. The van der Waals surface area contributed by atoms with Crippen LogP contribution in [0.1, 0.15) is 59.6 Å². The number of carbonyl (C=O) groups is 3. The first-order chi connectivity index (χ1) is 26.2. The van der Waals surface area contributed by atoms with Crippen molar-refractivity contribution in [3.63, 3.8) is 0 Å². The average Bonchev–Trinajstić information content (AvgIpc) is 3.48. The summed E-state index contributed by atoms with van der Waals surface area (Å²) in [6.07, 6.45) is 2.17. The van der Waals surface area contributed by atoms with Crippen LogP contribution in [0, 0.1) is 11.8 Å². The summed E-state index contributed by atoms with van der Waals surface area (Å²) in [5, 5.41) is 14.9. The van der Waals surface area contributed by atoms with Gasteiger partial charge in [-0.25, -0.2) is 12.7 Å². The fraction of sp³-hybridized carbons (Fsp3) is 0.436. The number of hydrogen-bond donors (Lipinski definition) is 2. The molecule has 1 unspecified atom stereocenters. The number of thioether (sulfide) groups is 1. The third-order valence-electron chi connectivity index (χ3n) is 11.3. The first-order valence-corrected chi connectivity index (χ1v) is 21.2. The zero-order valence-corrected chi connectivity index (χ0v) is 33.2. The van der Waals surface area contributed by atoms with Crippen molar-refractivity contribution in [2.45, 2.75) is 55.1 Å². The van der Waals surface area contributed by atoms with Crippen molar-refractivity contribution in [3.8, 4) is 17.2 Å². The van der Waals surface area contributed by atoms with Gasteiger partial charge in [-0.1, -0.05) is 36.7 Å². The number of ether oxygens (including phenoxy) is 3. The number of halogens is 1. The second-order valence-corrected chi connectivity index (χ2v) is 17.8. The molecule has 55 heavy (non-hydrogen) atoms. The van der Waals surface area contributed by atoms with E-state index in [0.29, 0.717) is 12.1 Å². The summed E-state index contributed by atoms with van der Waals surface area (Å²) in [6.45, 7) is 2.40. The largest absolute Gasteiger partial charge is 0.507 e. The molecule has 0 radical (unpaired) electrons. The molecule has 2 aromatic carbocycles. The van der Waals surface area contributed by atoms with E-state index >= 15 is 0 Å². The number of benzene rings is 2. The molecule has 1 aromatic heterocycles. The van der Waals surface area contributed by atoms with Crippen molar-refractivity contribution in [2.24, 2.45) is 11.8 Å². The molecule has 3 aliphatic heterocycles. The maximum atomic E-state index is 14.4. The number of piperidine rings is 1. The highest BCUT2D eigenvalue weighted by atomic mass is 35.5. The summed E-state index contributed by atoms with van der Waals surface area (Å²) < 4.78 is 47.5. The van der Waals surface area contributed by atoms with Gasteiger partial charge in [0.15, 0.2) is 17.3 Å². The number of ketones is 2. The molecule has 7 rings (SSSR count). The number of aromatic nitrogens is 1. The number of methoxy groups -OCH3 is 2. The molecule has 13 nitrogen and oxygen atoms in total. The number of nitrogens with zero attached hydrogens (tertiary/aromatic N) is 2. The minimum absolute atomic E-state index is 0.00312. The highest BCUT2D eigenvalue weighted by molar-refractivity contribution is 7.98. The minimum Gasteiger partial charge on any atom is -0.507 e. The Labute approximate surface area is 328 Å². The maximum absolute atomic E-state index is 14.4. The van der Waals surface area contributed by atoms with Crippen LogP contribution in [0.3, 0.4) is 0 Å². The molecule has 2 bridgehead atoms. The Morgan fingerprint density at radius 2 is 1.82 bits per heavy atom. The molecular formula is C39H42ClN3O10S2. The monoisotopic (exact) mass is 811 g/mol. The summed E-state index contributed by atoms with van der Waals surface area (Å²) in [7, 11) is -1.02. The summed E-state index contributed by atoms with van der Waals surface area (Å²) >= 11 is 8.11. The molecule has 1 saturated heterocycles. The van der Waals surface area contributed by atoms with Gasteiger partial charge in [0, 0.05) is 85.1 Å². The number of aliphatic hydroxyl groups excluding tert-OH is 1. The van der Waals surface area contributed by atoms with Crippen LogP contribution in [0.5, 0.6) is 17.2 Å². The van der Waals surface area contributed by atoms with E-state index in [2.05, 4.69) is 5.32 Å². The van der Waals surface area contributed by atoms with Gasteiger partial charge in [0.2, 0.25) is 27.3 Å². The third kappa shape index (κ3) is 6.72. The minimum atomic E-state index is -3.79. The van der Waals surface area contributed by atoms with Gasteiger partial charge in [-0.05, 0) is 42.4 Å². The molecule has 4 aliphatic rings. The van der Waals surface area contributed by atoms with E-state index in [-0.39, 0.29) is 89.0 Å². The van der Waals surface area contributed by atoms with Crippen molar-refractivity contribution in [3.05, 3.63) is 92.1 Å². The molecule has 1 amide bonds. The highest BCUT2D eigenvalue weighted by Crippen LogP contribution is 2.56. The maximum Gasteiger partial charge on any atom is 0.250 e. The lowest BCUT2D eigenvalue weighted by molar-refractivity contribution is -0.121. The van der Waals surface area contributed by atoms with Crippen LogP contribution >= 0.6 is 23.4 Å². The Kier molecular flexibility index (Phi) is 10.6. The molecule has 1 fully saturated rings. The zero-order valence-electron chi connectivity index (χ0n) is 30.8. The Morgan fingerprint density at radius 3 is 2.51 bits per heavy atom. The molecule has 292 valence electrons. The average molecular weight is 812 g/mol. The lowest BCUT2D eigenvalue weighted by Gasteiger charge is -2.42. The van der Waals surface area contributed by atoms with Crippen LogP contribution in [0.25, 0.3) is 0 Å². The summed E-state index contributed by atoms with van der Waals surface area (Å²) in [4.78, 5) is 55.4. The Bertz CT molecular complexity index is 2280. The molecule has 5 atom stereocenters. The standard InChI is InChI=1S/C39H42ClN3O10S2/c1-21-14-28(44)33(37(47)39(21)38(48)34-29(51-2)17-30(52-3)35(40)36(34)53-39)26(23-8-10-25(54-4)11-9-23)16-31(45)41-12-13-55(49,50)42-18-22-15-24(20-42)27-6-5-7-32(46)43(27)19-22/h5-11,17,21-22,24,26,47H,12-16,18-20H2,1-4H3,(H,41,45)/t21-,22-,24+,26?,39+/m1/s1. The SMILES string of the molecule is COc1cc(OC)c2c(c1Cl)O[C@]1(C2=O)C(O)=C(C(CC(=O)NCCS(=O)(=O)N2C[C@H]3C[C@@H](C2)c2cccc(=O)n2C3)c2ccc(SC)cc2)C(=O)C[C@H]1C. The van der Waals surface area contributed by atoms with E-state index in [0.717, 1.165) is 17.0 Å². The number of sulfonamides is 1. The number of allylic oxidation sites excluding steroid dienone is 1. The number of fused-ring (bicyclic) bond motifs is 5. The van der Waals surface area contributed by atoms with Gasteiger partial charge >= 0.3 is 0 Å². The number of nitrogens with one attached hydrogen (secondary N) is 1. The van der Waals surface area contributed by atoms with Crippen molar-refractivity contribution < 1.29 is 42.1 Å². The lowest BCUT2D eigenvalue weighted by Crippen LogP contribution is -2.53. The first kappa shape index (κ1) is 38.9. The van der Waals surface area contributed by atoms with Crippen molar-refractivity contribution >= 4 is 50.9 Å². The van der Waals surface area contributed by atoms with Crippen LogP contribution < -0.4 is 25.1 Å². The summed E-state index contributed by atoms with van der Waals surface area (Å²) in [5.74, 6) is -4.38. The lowest BCUT2D eigenvalue weighted by atomic mass is 9.69. The second kappa shape index (κ2) is 15.0. The van der Waals surface area contributed by atoms with Crippen LogP contribution in [-0.4, -0.2) is 91.3 Å². The van der Waals surface area contributed by atoms with Crippen LogP contribution in [0.15, 0.2) is 69.6 Å². The van der Waals surface area contributed by atoms with Gasteiger partial charge in [-0.2, -0.15) is 0 Å². The molecular weight excluding hydrogens is 770 g/mol. The zero-order chi connectivity index (χ0) is 39.4. The fourth-order valence-corrected chi connectivity index (χ4v) is 10.7. The second-order valence-electron chi connectivity index (χ2n) is 14.5. The van der Waals surface area contributed by atoms with Gasteiger partial charge < -0.3 is 29.2 Å². The number of amides is 1. The summed E-state index contributed by atoms with van der Waals surface area (Å²) in [6, 6.07) is 13.7. The number of aliphatic hydroxyl groups is 1. The Balaban J connectivity index is 1.15. The van der Waals surface area contributed by atoms with E-state index in [9.17, 15) is 32.7 Å². The van der Waals surface area contributed by atoms with E-state index < -0.39 is 50.7 Å². The van der Waals surface area contributed by atoms with Gasteiger partial charge in [0.25, 0.3) is 5.56 Å². The van der Waals surface area contributed by atoms with E-state index in [4.69, 9.17) is 25.8 Å². The normalized spacial score (nSPS) is 23.9. The molecule has 1 spiro atoms. The summed E-state index contributed by atoms with van der Waals surface area (Å²) in [5.41, 5.74) is -0.936. The van der Waals surface area contributed by atoms with E-state index in [1.807, 2.05) is 24.5 Å². The van der Waals surface area contributed by atoms with Gasteiger partial charge in [-0.3, -0.25) is 19.2 Å². The van der Waals surface area contributed by atoms with Gasteiger partial charge in [0.05, 0.1) is 20.0 Å². The Hall–Kier alpha value is -4.31. The van der Waals surface area contributed by atoms with E-state index in [1.54, 1.807) is 29.7 Å². The van der Waals surface area contributed by atoms with Crippen LogP contribution in [0.2, 0.25) is 5.02 Å². The smallest absolute Gasteiger partial charge is 0.250 e. The highest BCUT2D eigenvalue weighted by Gasteiger charge is 2.61. The molecule has 2 N–H and O–H groups in total. The molecule has 1 aliphatic carbocycles. The molecule has 3 aromatic rings. The predicted octanol–water partition coefficient (Wildman–Crippen LogP) is 4.71. The number of pyridine rings is 1. The number of Topliss-reactive ketones (excluding diaryl/α,β-unsaturated/α-hetero) is 2. The van der Waals surface area contributed by atoms with Crippen molar-refractivity contribution in [1.29, 1.82) is 0 Å². The number of rotatable bonds is 11.